The molecular weight excluding hydrogens is 402 g/mol. The fraction of sp³-hybridized carbons (Fsp3) is 0.389. The van der Waals surface area contributed by atoms with Crippen LogP contribution in [0.2, 0.25) is 5.02 Å². The van der Waals surface area contributed by atoms with Crippen molar-refractivity contribution in [1.82, 2.24) is 9.97 Å². The molecule has 0 unspecified atom stereocenters. The van der Waals surface area contributed by atoms with E-state index in [1.165, 1.54) is 6.20 Å². The van der Waals surface area contributed by atoms with Crippen molar-refractivity contribution in [2.24, 2.45) is 0 Å². The van der Waals surface area contributed by atoms with Gasteiger partial charge >= 0.3 is 0 Å². The van der Waals surface area contributed by atoms with E-state index < -0.39 is 15.9 Å². The van der Waals surface area contributed by atoms with E-state index in [1.807, 2.05) is 18.7 Å². The van der Waals surface area contributed by atoms with E-state index in [0.29, 0.717) is 36.8 Å². The number of carbonyl (C=O) groups is 1. The molecule has 8 nitrogen and oxygen atoms in total. The molecule has 0 saturated heterocycles. The second kappa shape index (κ2) is 9.70. The zero-order chi connectivity index (χ0) is 20.7. The van der Waals surface area contributed by atoms with Crippen molar-refractivity contribution in [1.29, 1.82) is 0 Å². The van der Waals surface area contributed by atoms with E-state index in [-0.39, 0.29) is 16.5 Å². The average molecular weight is 426 g/mol. The minimum atomic E-state index is -3.36. The van der Waals surface area contributed by atoms with Crippen LogP contribution in [0.5, 0.6) is 0 Å². The van der Waals surface area contributed by atoms with E-state index in [2.05, 4.69) is 20.0 Å². The van der Waals surface area contributed by atoms with Crippen LogP contribution in [0.15, 0.2) is 30.5 Å². The number of amides is 1. The highest BCUT2D eigenvalue weighted by Crippen LogP contribution is 2.20. The van der Waals surface area contributed by atoms with Crippen molar-refractivity contribution >= 4 is 44.9 Å². The van der Waals surface area contributed by atoms with Gasteiger partial charge in [-0.2, -0.15) is 0 Å². The van der Waals surface area contributed by atoms with Crippen molar-refractivity contribution in [2.75, 3.05) is 33.8 Å². The van der Waals surface area contributed by atoms with Crippen molar-refractivity contribution < 1.29 is 13.2 Å². The minimum absolute atomic E-state index is 0.0482. The number of hydrogen-bond acceptors (Lipinski definition) is 6. The number of carbonyl (C=O) groups excluding carboxylic acids is 1. The third-order valence-corrected chi connectivity index (χ3v) is 5.65. The molecule has 0 atom stereocenters. The number of nitrogens with one attached hydrogen (secondary N) is 2. The SMILES string of the molecule is CCCS(=O)(=O)Nc1ccc(NC(=O)c2nc(N(CC)CC)ncc2Cl)cc1. The average Bonchev–Trinajstić information content (AvgIpc) is 2.65. The lowest BCUT2D eigenvalue weighted by Crippen LogP contribution is -2.25. The zero-order valence-electron chi connectivity index (χ0n) is 16.1. The van der Waals surface area contributed by atoms with E-state index in [0.717, 1.165) is 0 Å². The number of halogens is 1. The summed E-state index contributed by atoms with van der Waals surface area (Å²) in [5.74, 6) is 0.00684. The van der Waals surface area contributed by atoms with Gasteiger partial charge in [0.15, 0.2) is 5.69 Å². The normalized spacial score (nSPS) is 11.1. The van der Waals surface area contributed by atoms with Crippen molar-refractivity contribution in [3.63, 3.8) is 0 Å². The second-order valence-corrected chi connectivity index (χ2v) is 8.24. The molecule has 1 amide bonds. The predicted octanol–water partition coefficient (Wildman–Crippen LogP) is 3.38. The number of hydrogen-bond donors (Lipinski definition) is 2. The molecule has 2 aromatic rings. The molecule has 0 radical (unpaired) electrons. The van der Waals surface area contributed by atoms with Gasteiger partial charge in [-0.15, -0.1) is 0 Å². The van der Waals surface area contributed by atoms with E-state index >= 15 is 0 Å². The smallest absolute Gasteiger partial charge is 0.276 e. The quantitative estimate of drug-likeness (QED) is 0.638. The molecule has 0 fully saturated rings. The summed E-state index contributed by atoms with van der Waals surface area (Å²) in [6.07, 6.45) is 1.93. The van der Waals surface area contributed by atoms with Gasteiger partial charge in [-0.05, 0) is 44.5 Å². The molecular formula is C18H24ClN5O3S. The summed E-state index contributed by atoms with van der Waals surface area (Å²) in [4.78, 5) is 22.9. The highest BCUT2D eigenvalue weighted by Gasteiger charge is 2.17. The fourth-order valence-corrected chi connectivity index (χ4v) is 3.80. The summed E-state index contributed by atoms with van der Waals surface area (Å²) in [5.41, 5.74) is 0.990. The maximum atomic E-state index is 12.6. The molecule has 0 aliphatic heterocycles. The lowest BCUT2D eigenvalue weighted by molar-refractivity contribution is 0.102. The van der Waals surface area contributed by atoms with Crippen molar-refractivity contribution in [3.05, 3.63) is 41.2 Å². The minimum Gasteiger partial charge on any atom is -0.341 e. The lowest BCUT2D eigenvalue weighted by Gasteiger charge is -2.19. The highest BCUT2D eigenvalue weighted by atomic mass is 35.5. The van der Waals surface area contributed by atoms with Gasteiger partial charge in [0.2, 0.25) is 16.0 Å². The molecule has 1 aromatic carbocycles. The number of aromatic nitrogens is 2. The number of nitrogens with zero attached hydrogens (tertiary/aromatic N) is 3. The maximum absolute atomic E-state index is 12.6. The Balaban J connectivity index is 2.14. The van der Waals surface area contributed by atoms with Crippen LogP contribution in [0.1, 0.15) is 37.7 Å². The Labute approximate surface area is 170 Å². The maximum Gasteiger partial charge on any atom is 0.276 e. The topological polar surface area (TPSA) is 104 Å². The van der Waals surface area contributed by atoms with E-state index in [9.17, 15) is 13.2 Å². The molecule has 0 spiro atoms. The molecule has 1 heterocycles. The molecule has 152 valence electrons. The number of anilines is 3. The van der Waals surface area contributed by atoms with E-state index in [4.69, 9.17) is 11.6 Å². The van der Waals surface area contributed by atoms with Gasteiger partial charge in [0, 0.05) is 24.5 Å². The molecule has 28 heavy (non-hydrogen) atoms. The van der Waals surface area contributed by atoms with Gasteiger partial charge < -0.3 is 10.2 Å². The molecule has 2 rings (SSSR count). The first-order valence-corrected chi connectivity index (χ1v) is 11.0. The van der Waals surface area contributed by atoms with Crippen LogP contribution in [0, 0.1) is 0 Å². The van der Waals surface area contributed by atoms with Gasteiger partial charge in [0.25, 0.3) is 5.91 Å². The molecule has 10 heteroatoms. The number of rotatable bonds is 9. The lowest BCUT2D eigenvalue weighted by atomic mass is 10.2. The van der Waals surface area contributed by atoms with Crippen LogP contribution < -0.4 is 14.9 Å². The van der Waals surface area contributed by atoms with Crippen LogP contribution >= 0.6 is 11.6 Å². The summed E-state index contributed by atoms with van der Waals surface area (Å²) in [5, 5.41) is 2.86. The molecule has 0 aliphatic rings. The largest absolute Gasteiger partial charge is 0.341 e. The van der Waals surface area contributed by atoms with Crippen LogP contribution in [0.25, 0.3) is 0 Å². The number of sulfonamides is 1. The molecule has 0 bridgehead atoms. The summed E-state index contributed by atoms with van der Waals surface area (Å²) in [6.45, 7) is 7.14. The first kappa shape index (κ1) is 21.9. The Morgan fingerprint density at radius 2 is 1.71 bits per heavy atom. The van der Waals surface area contributed by atoms with Gasteiger partial charge in [-0.1, -0.05) is 18.5 Å². The first-order valence-electron chi connectivity index (χ1n) is 8.99. The molecule has 0 aliphatic carbocycles. The first-order chi connectivity index (χ1) is 13.3. The predicted molar refractivity (Wildman–Crippen MR) is 113 cm³/mol. The number of benzene rings is 1. The standard InChI is InChI=1S/C18H24ClN5O3S/c1-4-11-28(26,27)23-14-9-7-13(8-10-14)21-17(25)16-15(19)12-20-18(22-16)24(5-2)6-3/h7-10,12,23H,4-6,11H2,1-3H3,(H,21,25). The van der Waals surface area contributed by atoms with Crippen LogP contribution in [-0.2, 0) is 10.0 Å². The van der Waals surface area contributed by atoms with Crippen LogP contribution in [0.3, 0.4) is 0 Å². The monoisotopic (exact) mass is 425 g/mol. The summed E-state index contributed by atoms with van der Waals surface area (Å²) >= 11 is 6.09. The Bertz CT molecular complexity index is 915. The van der Waals surface area contributed by atoms with Crippen LogP contribution in [-0.4, -0.2) is 43.1 Å². The van der Waals surface area contributed by atoms with Gasteiger partial charge in [-0.3, -0.25) is 9.52 Å². The van der Waals surface area contributed by atoms with Crippen LogP contribution in [0.4, 0.5) is 17.3 Å². The zero-order valence-corrected chi connectivity index (χ0v) is 17.6. The third kappa shape index (κ3) is 5.80. The van der Waals surface area contributed by atoms with Gasteiger partial charge in [0.1, 0.15) is 0 Å². The van der Waals surface area contributed by atoms with E-state index in [1.54, 1.807) is 31.2 Å². The molecule has 0 saturated carbocycles. The Morgan fingerprint density at radius 1 is 1.11 bits per heavy atom. The fourth-order valence-electron chi connectivity index (χ4n) is 2.49. The van der Waals surface area contributed by atoms with Gasteiger partial charge in [0.05, 0.1) is 17.0 Å². The van der Waals surface area contributed by atoms with Crippen molar-refractivity contribution in [3.8, 4) is 0 Å². The van der Waals surface area contributed by atoms with Crippen molar-refractivity contribution in [2.45, 2.75) is 27.2 Å². The summed E-state index contributed by atoms with van der Waals surface area (Å²) < 4.78 is 26.1. The van der Waals surface area contributed by atoms with Gasteiger partial charge in [-0.25, -0.2) is 18.4 Å². The second-order valence-electron chi connectivity index (χ2n) is 5.99. The highest BCUT2D eigenvalue weighted by molar-refractivity contribution is 7.92. The third-order valence-electron chi connectivity index (χ3n) is 3.88. The Kier molecular flexibility index (Phi) is 7.59. The Morgan fingerprint density at radius 3 is 2.29 bits per heavy atom. The summed E-state index contributed by atoms with van der Waals surface area (Å²) in [6, 6.07) is 6.35. The summed E-state index contributed by atoms with van der Waals surface area (Å²) in [7, 11) is -3.36. The Hall–Kier alpha value is -2.39. The molecule has 2 N–H and O–H groups in total. The molecule has 1 aromatic heterocycles.